The minimum Gasteiger partial charge on any atom is -0.347 e. The molecule has 1 aliphatic rings. The number of amides is 3. The molecule has 2 aromatic rings. The SMILES string of the molecule is CC(C)(C)NC(=O)c1cccc(NC(=O)NC2CCN(CCc3ccncc3)CC2)c1. The Labute approximate surface area is 184 Å². The van der Waals surface area contributed by atoms with Crippen molar-refractivity contribution in [2.75, 3.05) is 25.0 Å². The number of carbonyl (C=O) groups excluding carboxylic acids is 2. The van der Waals surface area contributed by atoms with E-state index in [2.05, 4.69) is 38.0 Å². The first-order valence-electron chi connectivity index (χ1n) is 10.9. The van der Waals surface area contributed by atoms with E-state index in [4.69, 9.17) is 0 Å². The second-order valence-corrected chi connectivity index (χ2v) is 9.10. The van der Waals surface area contributed by atoms with Gasteiger partial charge in [-0.25, -0.2) is 4.79 Å². The van der Waals surface area contributed by atoms with E-state index in [0.29, 0.717) is 11.3 Å². The van der Waals surface area contributed by atoms with Crippen molar-refractivity contribution < 1.29 is 9.59 Å². The fourth-order valence-electron chi connectivity index (χ4n) is 3.64. The van der Waals surface area contributed by atoms with Crippen LogP contribution in [0.1, 0.15) is 49.5 Å². The minimum atomic E-state index is -0.314. The summed E-state index contributed by atoms with van der Waals surface area (Å²) >= 11 is 0. The second kappa shape index (κ2) is 10.4. The lowest BCUT2D eigenvalue weighted by Crippen LogP contribution is -2.46. The van der Waals surface area contributed by atoms with Crippen LogP contribution in [0.4, 0.5) is 10.5 Å². The topological polar surface area (TPSA) is 86.4 Å². The third-order valence-electron chi connectivity index (χ3n) is 5.26. The Morgan fingerprint density at radius 3 is 2.48 bits per heavy atom. The Morgan fingerprint density at radius 2 is 1.81 bits per heavy atom. The molecule has 7 nitrogen and oxygen atoms in total. The molecule has 0 bridgehead atoms. The third-order valence-corrected chi connectivity index (χ3v) is 5.26. The van der Waals surface area contributed by atoms with Crippen molar-refractivity contribution in [1.29, 1.82) is 0 Å². The van der Waals surface area contributed by atoms with E-state index in [0.717, 1.165) is 38.9 Å². The summed E-state index contributed by atoms with van der Waals surface area (Å²) in [6.45, 7) is 8.77. The van der Waals surface area contributed by atoms with Crippen LogP contribution in [0.2, 0.25) is 0 Å². The van der Waals surface area contributed by atoms with Gasteiger partial charge in [0, 0.05) is 54.9 Å². The number of urea groups is 1. The van der Waals surface area contributed by atoms with E-state index in [9.17, 15) is 9.59 Å². The van der Waals surface area contributed by atoms with Gasteiger partial charge in [0.2, 0.25) is 0 Å². The number of rotatable bonds is 6. The molecule has 7 heteroatoms. The highest BCUT2D eigenvalue weighted by molar-refractivity contribution is 5.97. The summed E-state index contributed by atoms with van der Waals surface area (Å²) in [5, 5.41) is 8.85. The summed E-state index contributed by atoms with van der Waals surface area (Å²) < 4.78 is 0. The molecular weight excluding hydrogens is 390 g/mol. The van der Waals surface area contributed by atoms with Crippen molar-refractivity contribution in [3.63, 3.8) is 0 Å². The maximum atomic E-state index is 12.4. The van der Waals surface area contributed by atoms with Crippen molar-refractivity contribution >= 4 is 17.6 Å². The van der Waals surface area contributed by atoms with Crippen LogP contribution in [0.15, 0.2) is 48.8 Å². The smallest absolute Gasteiger partial charge is 0.319 e. The van der Waals surface area contributed by atoms with Crippen LogP contribution in [0.3, 0.4) is 0 Å². The normalized spacial score (nSPS) is 15.3. The molecule has 0 radical (unpaired) electrons. The van der Waals surface area contributed by atoms with Crippen molar-refractivity contribution in [2.24, 2.45) is 0 Å². The van der Waals surface area contributed by atoms with Gasteiger partial charge >= 0.3 is 6.03 Å². The van der Waals surface area contributed by atoms with E-state index in [-0.39, 0.29) is 23.5 Å². The van der Waals surface area contributed by atoms with Crippen molar-refractivity contribution in [3.05, 3.63) is 59.9 Å². The average Bonchev–Trinajstić information content (AvgIpc) is 2.73. The lowest BCUT2D eigenvalue weighted by molar-refractivity contribution is 0.0919. The average molecular weight is 424 g/mol. The molecule has 0 atom stereocenters. The zero-order chi connectivity index (χ0) is 22.3. The number of nitrogens with zero attached hydrogens (tertiary/aromatic N) is 2. The predicted octanol–water partition coefficient (Wildman–Crippen LogP) is 3.44. The number of hydrogen-bond acceptors (Lipinski definition) is 4. The van der Waals surface area contributed by atoms with Crippen LogP contribution in [-0.2, 0) is 6.42 Å². The summed E-state index contributed by atoms with van der Waals surface area (Å²) in [6.07, 6.45) is 6.53. The van der Waals surface area contributed by atoms with Gasteiger partial charge in [-0.15, -0.1) is 0 Å². The van der Waals surface area contributed by atoms with E-state index in [1.54, 1.807) is 24.3 Å². The van der Waals surface area contributed by atoms with E-state index in [1.807, 2.05) is 33.2 Å². The zero-order valence-electron chi connectivity index (χ0n) is 18.6. The van der Waals surface area contributed by atoms with Gasteiger partial charge in [-0.3, -0.25) is 9.78 Å². The summed E-state index contributed by atoms with van der Waals surface area (Å²) in [6, 6.07) is 11.0. The first-order valence-corrected chi connectivity index (χ1v) is 10.9. The molecule has 0 spiro atoms. The van der Waals surface area contributed by atoms with Crippen LogP contribution in [-0.4, -0.2) is 53.0 Å². The molecule has 3 N–H and O–H groups in total. The molecule has 2 heterocycles. The van der Waals surface area contributed by atoms with Gasteiger partial charge in [0.05, 0.1) is 0 Å². The first kappa shape index (κ1) is 22.7. The molecule has 0 aliphatic carbocycles. The van der Waals surface area contributed by atoms with Gasteiger partial charge in [-0.05, 0) is 75.9 Å². The summed E-state index contributed by atoms with van der Waals surface area (Å²) in [7, 11) is 0. The number of aromatic nitrogens is 1. The molecule has 1 fully saturated rings. The standard InChI is InChI=1S/C24H33N5O2/c1-24(2,3)28-22(30)19-5-4-6-21(17-19)27-23(31)26-20-10-15-29(16-11-20)14-9-18-7-12-25-13-8-18/h4-8,12-13,17,20H,9-11,14-16H2,1-3H3,(H,28,30)(H2,26,27,31). The Morgan fingerprint density at radius 1 is 1.10 bits per heavy atom. The van der Waals surface area contributed by atoms with Crippen molar-refractivity contribution in [1.82, 2.24) is 20.5 Å². The van der Waals surface area contributed by atoms with Gasteiger partial charge in [-0.1, -0.05) is 6.07 Å². The maximum absolute atomic E-state index is 12.4. The maximum Gasteiger partial charge on any atom is 0.319 e. The molecule has 0 saturated carbocycles. The van der Waals surface area contributed by atoms with Crippen LogP contribution in [0, 0.1) is 0 Å². The van der Waals surface area contributed by atoms with Gasteiger partial charge in [0.1, 0.15) is 0 Å². The van der Waals surface area contributed by atoms with Gasteiger partial charge in [0.15, 0.2) is 0 Å². The van der Waals surface area contributed by atoms with Crippen molar-refractivity contribution in [3.8, 4) is 0 Å². The van der Waals surface area contributed by atoms with Crippen LogP contribution in [0.25, 0.3) is 0 Å². The van der Waals surface area contributed by atoms with E-state index < -0.39 is 0 Å². The molecule has 31 heavy (non-hydrogen) atoms. The Kier molecular flexibility index (Phi) is 7.63. The second-order valence-electron chi connectivity index (χ2n) is 9.10. The van der Waals surface area contributed by atoms with Crippen LogP contribution < -0.4 is 16.0 Å². The number of anilines is 1. The Hall–Kier alpha value is -2.93. The summed E-state index contributed by atoms with van der Waals surface area (Å²) in [5.74, 6) is -0.157. The first-order chi connectivity index (χ1) is 14.8. The fraction of sp³-hybridized carbons (Fsp3) is 0.458. The highest BCUT2D eigenvalue weighted by Gasteiger charge is 2.21. The molecule has 1 aromatic carbocycles. The number of hydrogen-bond donors (Lipinski definition) is 3. The summed E-state index contributed by atoms with van der Waals surface area (Å²) in [4.78, 5) is 31.3. The number of nitrogens with one attached hydrogen (secondary N) is 3. The minimum absolute atomic E-state index is 0.157. The molecule has 166 valence electrons. The highest BCUT2D eigenvalue weighted by atomic mass is 16.2. The molecule has 1 aromatic heterocycles. The number of piperidine rings is 1. The largest absolute Gasteiger partial charge is 0.347 e. The predicted molar refractivity (Wildman–Crippen MR) is 123 cm³/mol. The lowest BCUT2D eigenvalue weighted by Gasteiger charge is -2.32. The quantitative estimate of drug-likeness (QED) is 0.664. The number of carbonyl (C=O) groups is 2. The monoisotopic (exact) mass is 423 g/mol. The fourth-order valence-corrected chi connectivity index (χ4v) is 3.64. The third kappa shape index (κ3) is 7.68. The Balaban J connectivity index is 1.42. The molecule has 3 amide bonds. The molecule has 1 saturated heterocycles. The summed E-state index contributed by atoms with van der Waals surface area (Å²) in [5.41, 5.74) is 2.11. The number of likely N-dealkylation sites (tertiary alicyclic amines) is 1. The van der Waals surface area contributed by atoms with Gasteiger partial charge in [-0.2, -0.15) is 0 Å². The Bertz CT molecular complexity index is 871. The van der Waals surface area contributed by atoms with E-state index >= 15 is 0 Å². The molecule has 0 unspecified atom stereocenters. The lowest BCUT2D eigenvalue weighted by atomic mass is 10.0. The molecular formula is C24H33N5O2. The van der Waals surface area contributed by atoms with Gasteiger partial charge in [0.25, 0.3) is 5.91 Å². The highest BCUT2D eigenvalue weighted by Crippen LogP contribution is 2.14. The van der Waals surface area contributed by atoms with Crippen LogP contribution in [0.5, 0.6) is 0 Å². The van der Waals surface area contributed by atoms with Crippen LogP contribution >= 0.6 is 0 Å². The van der Waals surface area contributed by atoms with Gasteiger partial charge < -0.3 is 20.9 Å². The molecule has 1 aliphatic heterocycles. The van der Waals surface area contributed by atoms with E-state index in [1.165, 1.54) is 5.56 Å². The number of benzene rings is 1. The zero-order valence-corrected chi connectivity index (χ0v) is 18.6. The van der Waals surface area contributed by atoms with Crippen molar-refractivity contribution in [2.45, 2.75) is 51.6 Å². The molecule has 3 rings (SSSR count). The number of pyridine rings is 1.